The minimum atomic E-state index is -0.814. The Labute approximate surface area is 204 Å². The number of H-pyrrole nitrogens is 1. The first-order chi connectivity index (χ1) is 16.6. The number of benzene rings is 3. The van der Waals surface area contributed by atoms with Gasteiger partial charge in [0.05, 0.1) is 0 Å². The van der Waals surface area contributed by atoms with E-state index in [1.165, 1.54) is 0 Å². The molecule has 1 aromatic heterocycles. The van der Waals surface area contributed by atoms with Crippen LogP contribution in [0, 0.1) is 4.77 Å². The lowest BCUT2D eigenvalue weighted by atomic mass is 10.1. The highest BCUT2D eigenvalue weighted by atomic mass is 32.1. The number of carboxylic acids is 1. The molecular formula is C27H28N4O2S. The van der Waals surface area contributed by atoms with E-state index in [0.717, 1.165) is 22.5 Å². The molecule has 0 aliphatic carbocycles. The molecule has 4 rings (SSSR count). The fourth-order valence-electron chi connectivity index (χ4n) is 4.15. The summed E-state index contributed by atoms with van der Waals surface area (Å²) in [5, 5.41) is 17.4. The summed E-state index contributed by atoms with van der Waals surface area (Å²) in [4.78, 5) is 14.4. The highest BCUT2D eigenvalue weighted by molar-refractivity contribution is 7.71. The molecule has 174 valence electrons. The van der Waals surface area contributed by atoms with Gasteiger partial charge in [0.15, 0.2) is 10.6 Å². The normalized spacial score (nSPS) is 12.0. The number of hydrogen-bond donors (Lipinski definition) is 2. The van der Waals surface area contributed by atoms with E-state index in [-0.39, 0.29) is 0 Å². The highest BCUT2D eigenvalue weighted by Gasteiger charge is 2.26. The van der Waals surface area contributed by atoms with Crippen molar-refractivity contribution in [2.75, 3.05) is 0 Å². The van der Waals surface area contributed by atoms with Gasteiger partial charge in [0.25, 0.3) is 0 Å². The molecule has 0 saturated heterocycles. The Balaban J connectivity index is 1.51. The second kappa shape index (κ2) is 11.5. The standard InChI is InChI=1S/C27H28N4O2S/c32-26(33)24(17-10-18-31-25(28-29-27(31)34)23-15-8-3-9-16-23)30(19-21-11-4-1-5-12-21)20-22-13-6-2-7-14-22/h1-9,11-16,24H,10,17-20H2,(H,29,34)(H,32,33)/t24-/m0/s1. The van der Waals surface area contributed by atoms with Crippen molar-refractivity contribution in [2.45, 2.75) is 38.5 Å². The second-order valence-electron chi connectivity index (χ2n) is 8.24. The van der Waals surface area contributed by atoms with Crippen molar-refractivity contribution in [3.8, 4) is 11.4 Å². The molecular weight excluding hydrogens is 444 g/mol. The van der Waals surface area contributed by atoms with E-state index in [0.29, 0.717) is 37.2 Å². The second-order valence-corrected chi connectivity index (χ2v) is 8.63. The number of hydrogen-bond acceptors (Lipinski definition) is 4. The summed E-state index contributed by atoms with van der Waals surface area (Å²) in [7, 11) is 0. The summed E-state index contributed by atoms with van der Waals surface area (Å²) in [5.74, 6) is -0.0474. The molecule has 0 saturated carbocycles. The average molecular weight is 473 g/mol. The molecule has 0 aliphatic heterocycles. The quantitative estimate of drug-likeness (QED) is 0.280. The Morgan fingerprint density at radius 3 is 1.97 bits per heavy atom. The van der Waals surface area contributed by atoms with Crippen LogP contribution < -0.4 is 0 Å². The lowest BCUT2D eigenvalue weighted by Crippen LogP contribution is -2.40. The van der Waals surface area contributed by atoms with Crippen LogP contribution in [0.25, 0.3) is 11.4 Å². The maximum absolute atomic E-state index is 12.4. The van der Waals surface area contributed by atoms with E-state index in [4.69, 9.17) is 12.2 Å². The maximum atomic E-state index is 12.4. The third-order valence-corrected chi connectivity index (χ3v) is 6.14. The number of nitrogens with zero attached hydrogens (tertiary/aromatic N) is 3. The summed E-state index contributed by atoms with van der Waals surface area (Å²) >= 11 is 5.45. The van der Waals surface area contributed by atoms with Crippen LogP contribution in [0.5, 0.6) is 0 Å². The minimum Gasteiger partial charge on any atom is -0.480 e. The number of nitrogens with one attached hydrogen (secondary N) is 1. The van der Waals surface area contributed by atoms with Crippen molar-refractivity contribution < 1.29 is 9.90 Å². The number of aliphatic carboxylic acids is 1. The first-order valence-electron chi connectivity index (χ1n) is 11.4. The zero-order chi connectivity index (χ0) is 23.8. The molecule has 0 amide bonds. The number of rotatable bonds is 11. The van der Waals surface area contributed by atoms with E-state index in [9.17, 15) is 9.90 Å². The van der Waals surface area contributed by atoms with Crippen molar-refractivity contribution in [2.24, 2.45) is 0 Å². The van der Waals surface area contributed by atoms with E-state index in [2.05, 4.69) is 10.2 Å². The fraction of sp³-hybridized carbons (Fsp3) is 0.222. The number of aromatic nitrogens is 3. The molecule has 6 nitrogen and oxygen atoms in total. The molecule has 7 heteroatoms. The van der Waals surface area contributed by atoms with Gasteiger partial charge >= 0.3 is 5.97 Å². The molecule has 1 atom stereocenters. The molecule has 0 radical (unpaired) electrons. The Bertz CT molecular complexity index is 1200. The molecule has 0 aliphatic rings. The Morgan fingerprint density at radius 2 is 1.44 bits per heavy atom. The summed E-state index contributed by atoms with van der Waals surface area (Å²) < 4.78 is 2.48. The molecule has 2 N–H and O–H groups in total. The van der Waals surface area contributed by atoms with Crippen molar-refractivity contribution in [3.05, 3.63) is 107 Å². The van der Waals surface area contributed by atoms with Crippen LogP contribution in [0.4, 0.5) is 0 Å². The van der Waals surface area contributed by atoms with Crippen molar-refractivity contribution in [1.82, 2.24) is 19.7 Å². The number of carboxylic acid groups (broad SMARTS) is 1. The summed E-state index contributed by atoms with van der Waals surface area (Å²) in [5.41, 5.74) is 3.15. The predicted octanol–water partition coefficient (Wildman–Crippen LogP) is 5.54. The van der Waals surface area contributed by atoms with E-state index >= 15 is 0 Å². The monoisotopic (exact) mass is 472 g/mol. The topological polar surface area (TPSA) is 74.1 Å². The zero-order valence-corrected chi connectivity index (χ0v) is 19.7. The molecule has 0 fully saturated rings. The Kier molecular flexibility index (Phi) is 8.01. The van der Waals surface area contributed by atoms with Crippen molar-refractivity contribution in [3.63, 3.8) is 0 Å². The summed E-state index contributed by atoms with van der Waals surface area (Å²) in [6.45, 7) is 1.72. The van der Waals surface area contributed by atoms with Gasteiger partial charge in [-0.05, 0) is 36.2 Å². The molecule has 4 aromatic rings. The fourth-order valence-corrected chi connectivity index (χ4v) is 4.37. The van der Waals surface area contributed by atoms with Crippen LogP contribution in [0.15, 0.2) is 91.0 Å². The van der Waals surface area contributed by atoms with Crippen LogP contribution in [0.2, 0.25) is 0 Å². The van der Waals surface area contributed by atoms with Crippen LogP contribution in [-0.2, 0) is 24.4 Å². The van der Waals surface area contributed by atoms with Crippen LogP contribution in [-0.4, -0.2) is 36.8 Å². The number of aromatic amines is 1. The molecule has 3 aromatic carbocycles. The molecule has 0 spiro atoms. The molecule has 34 heavy (non-hydrogen) atoms. The predicted molar refractivity (Wildman–Crippen MR) is 136 cm³/mol. The molecule has 0 unspecified atom stereocenters. The number of carbonyl (C=O) groups is 1. The molecule has 1 heterocycles. The van der Waals surface area contributed by atoms with E-state index in [1.54, 1.807) is 0 Å². The molecule has 0 bridgehead atoms. The van der Waals surface area contributed by atoms with Gasteiger partial charge in [-0.3, -0.25) is 14.8 Å². The van der Waals surface area contributed by atoms with Gasteiger partial charge in [-0.1, -0.05) is 91.0 Å². The van der Waals surface area contributed by atoms with Gasteiger partial charge in [0, 0.05) is 25.2 Å². The Hall–Kier alpha value is -3.55. The average Bonchev–Trinajstić information content (AvgIpc) is 3.23. The summed E-state index contributed by atoms with van der Waals surface area (Å²) in [6, 6.07) is 29.3. The zero-order valence-electron chi connectivity index (χ0n) is 18.9. The van der Waals surface area contributed by atoms with Crippen LogP contribution >= 0.6 is 12.2 Å². The van der Waals surface area contributed by atoms with Gasteiger partial charge < -0.3 is 9.67 Å². The van der Waals surface area contributed by atoms with Gasteiger partial charge in [0.2, 0.25) is 0 Å². The van der Waals surface area contributed by atoms with E-state index in [1.807, 2.05) is 100 Å². The Morgan fingerprint density at radius 1 is 0.912 bits per heavy atom. The summed E-state index contributed by atoms with van der Waals surface area (Å²) in [6.07, 6.45) is 1.15. The third kappa shape index (κ3) is 6.07. The lowest BCUT2D eigenvalue weighted by Gasteiger charge is -2.29. The van der Waals surface area contributed by atoms with E-state index < -0.39 is 12.0 Å². The lowest BCUT2D eigenvalue weighted by molar-refractivity contribution is -0.144. The van der Waals surface area contributed by atoms with Crippen molar-refractivity contribution >= 4 is 18.2 Å². The third-order valence-electron chi connectivity index (χ3n) is 5.83. The van der Waals surface area contributed by atoms with Crippen LogP contribution in [0.3, 0.4) is 0 Å². The maximum Gasteiger partial charge on any atom is 0.320 e. The van der Waals surface area contributed by atoms with Crippen molar-refractivity contribution in [1.29, 1.82) is 0 Å². The largest absolute Gasteiger partial charge is 0.480 e. The minimum absolute atomic E-state index is 0.496. The van der Waals surface area contributed by atoms with Gasteiger partial charge in [-0.15, -0.1) is 0 Å². The smallest absolute Gasteiger partial charge is 0.320 e. The van der Waals surface area contributed by atoms with Crippen LogP contribution in [0.1, 0.15) is 24.0 Å². The van der Waals surface area contributed by atoms with Gasteiger partial charge in [-0.2, -0.15) is 5.10 Å². The highest BCUT2D eigenvalue weighted by Crippen LogP contribution is 2.20. The van der Waals surface area contributed by atoms with Gasteiger partial charge in [-0.25, -0.2) is 0 Å². The van der Waals surface area contributed by atoms with Gasteiger partial charge in [0.1, 0.15) is 6.04 Å². The first-order valence-corrected chi connectivity index (χ1v) is 11.8. The SMILES string of the molecule is O=C(O)[C@H](CCCn1c(-c2ccccc2)n[nH]c1=S)N(Cc1ccccc1)Cc1ccccc1. The first kappa shape index (κ1) is 23.6.